The lowest BCUT2D eigenvalue weighted by atomic mass is 9.88. The molecule has 1 saturated carbocycles. The molecule has 3 nitrogen and oxygen atoms in total. The van der Waals surface area contributed by atoms with Crippen LogP contribution in [-0.2, 0) is 14.5 Å². The highest BCUT2D eigenvalue weighted by Crippen LogP contribution is 2.43. The Morgan fingerprint density at radius 1 is 1.00 bits per heavy atom. The Morgan fingerprint density at radius 3 is 2.48 bits per heavy atom. The molecule has 1 saturated heterocycles. The van der Waals surface area contributed by atoms with E-state index in [-0.39, 0.29) is 12.2 Å². The Balaban J connectivity index is 1.54. The Kier molecular flexibility index (Phi) is 4.46. The molecular weight excluding hydrogens is 312 g/mol. The fourth-order valence-electron chi connectivity index (χ4n) is 3.93. The summed E-state index contributed by atoms with van der Waals surface area (Å²) in [6.45, 7) is 0. The van der Waals surface area contributed by atoms with Crippen molar-refractivity contribution in [1.82, 2.24) is 0 Å². The van der Waals surface area contributed by atoms with E-state index in [0.29, 0.717) is 0 Å². The highest BCUT2D eigenvalue weighted by Gasteiger charge is 2.46. The maximum absolute atomic E-state index is 6.46. The summed E-state index contributed by atoms with van der Waals surface area (Å²) in [6.07, 6.45) is 10.9. The van der Waals surface area contributed by atoms with Gasteiger partial charge in [-0.3, -0.25) is 0 Å². The van der Waals surface area contributed by atoms with Crippen LogP contribution in [0.5, 0.6) is 0 Å². The van der Waals surface area contributed by atoms with Gasteiger partial charge in [0.1, 0.15) is 6.10 Å². The van der Waals surface area contributed by atoms with Crippen molar-refractivity contribution in [2.24, 2.45) is 0 Å². The molecular formula is C19H23ClO3. The third kappa shape index (κ3) is 3.20. The summed E-state index contributed by atoms with van der Waals surface area (Å²) >= 11 is 6.00. The summed E-state index contributed by atoms with van der Waals surface area (Å²) in [4.78, 5) is 11.7. The second-order valence-electron chi connectivity index (χ2n) is 6.83. The van der Waals surface area contributed by atoms with Crippen LogP contribution in [0.3, 0.4) is 0 Å². The second-order valence-corrected chi connectivity index (χ2v) is 7.26. The van der Waals surface area contributed by atoms with Gasteiger partial charge in [0.25, 0.3) is 0 Å². The van der Waals surface area contributed by atoms with E-state index in [1.54, 1.807) is 0 Å². The van der Waals surface area contributed by atoms with Crippen LogP contribution in [0.15, 0.2) is 30.3 Å². The number of rotatable bonds is 1. The van der Waals surface area contributed by atoms with Crippen molar-refractivity contribution in [1.29, 1.82) is 0 Å². The topological polar surface area (TPSA) is 27.7 Å². The van der Waals surface area contributed by atoms with Crippen molar-refractivity contribution < 1.29 is 14.5 Å². The SMILES string of the molecule is Clc1ccc(C2=CCC[C@@H]3OC4(CCCCCC4)OO[C@@H]23)cc1. The van der Waals surface area contributed by atoms with Crippen molar-refractivity contribution in [3.63, 3.8) is 0 Å². The largest absolute Gasteiger partial charge is 0.341 e. The molecule has 1 aromatic rings. The lowest BCUT2D eigenvalue weighted by Gasteiger charge is -2.45. The van der Waals surface area contributed by atoms with Gasteiger partial charge in [-0.15, -0.1) is 0 Å². The normalized spacial score (nSPS) is 30.4. The van der Waals surface area contributed by atoms with Crippen molar-refractivity contribution in [3.8, 4) is 0 Å². The van der Waals surface area contributed by atoms with Gasteiger partial charge in [0, 0.05) is 17.9 Å². The molecule has 4 heteroatoms. The summed E-state index contributed by atoms with van der Waals surface area (Å²) < 4.78 is 6.46. The molecule has 124 valence electrons. The monoisotopic (exact) mass is 334 g/mol. The molecule has 4 rings (SSSR count). The molecule has 0 N–H and O–H groups in total. The Labute approximate surface area is 142 Å². The van der Waals surface area contributed by atoms with Gasteiger partial charge in [0.05, 0.1) is 6.10 Å². The number of fused-ring (bicyclic) bond motifs is 1. The van der Waals surface area contributed by atoms with Crippen molar-refractivity contribution in [2.75, 3.05) is 0 Å². The smallest absolute Gasteiger partial charge is 0.201 e. The van der Waals surface area contributed by atoms with E-state index >= 15 is 0 Å². The van der Waals surface area contributed by atoms with Crippen molar-refractivity contribution in [3.05, 3.63) is 40.9 Å². The summed E-state index contributed by atoms with van der Waals surface area (Å²) in [7, 11) is 0. The Morgan fingerprint density at radius 2 is 1.74 bits per heavy atom. The lowest BCUT2D eigenvalue weighted by molar-refractivity contribution is -0.496. The van der Waals surface area contributed by atoms with Gasteiger partial charge < -0.3 is 4.74 Å². The minimum absolute atomic E-state index is 0.0810. The minimum atomic E-state index is -0.514. The van der Waals surface area contributed by atoms with Crippen LogP contribution in [0.1, 0.15) is 56.9 Å². The number of ether oxygens (including phenoxy) is 1. The van der Waals surface area contributed by atoms with Crippen LogP contribution >= 0.6 is 11.6 Å². The predicted octanol–water partition coefficient (Wildman–Crippen LogP) is 5.28. The molecule has 0 radical (unpaired) electrons. The summed E-state index contributed by atoms with van der Waals surface area (Å²) in [5, 5.41) is 0.746. The highest BCUT2D eigenvalue weighted by molar-refractivity contribution is 6.30. The highest BCUT2D eigenvalue weighted by atomic mass is 35.5. The first-order chi connectivity index (χ1) is 11.3. The van der Waals surface area contributed by atoms with Crippen LogP contribution in [0.4, 0.5) is 0 Å². The predicted molar refractivity (Wildman–Crippen MR) is 89.9 cm³/mol. The van der Waals surface area contributed by atoms with Crippen molar-refractivity contribution in [2.45, 2.75) is 69.4 Å². The third-order valence-electron chi connectivity index (χ3n) is 5.17. The summed E-state index contributed by atoms with van der Waals surface area (Å²) in [5.41, 5.74) is 2.29. The fraction of sp³-hybridized carbons (Fsp3) is 0.579. The van der Waals surface area contributed by atoms with Crippen LogP contribution in [0, 0.1) is 0 Å². The van der Waals surface area contributed by atoms with Gasteiger partial charge in [-0.25, -0.2) is 9.78 Å². The molecule has 2 aliphatic carbocycles. The molecule has 1 heterocycles. The number of halogens is 1. The molecule has 1 spiro atoms. The molecule has 3 aliphatic rings. The van der Waals surface area contributed by atoms with Gasteiger partial charge in [0.2, 0.25) is 5.79 Å². The van der Waals surface area contributed by atoms with E-state index in [1.165, 1.54) is 12.8 Å². The maximum Gasteiger partial charge on any atom is 0.201 e. The molecule has 0 bridgehead atoms. The van der Waals surface area contributed by atoms with E-state index in [0.717, 1.165) is 54.7 Å². The van der Waals surface area contributed by atoms with E-state index in [4.69, 9.17) is 26.1 Å². The second kappa shape index (κ2) is 6.56. The number of hydrogen-bond acceptors (Lipinski definition) is 3. The van der Waals surface area contributed by atoms with Crippen LogP contribution in [0.2, 0.25) is 5.02 Å². The van der Waals surface area contributed by atoms with Gasteiger partial charge in [-0.1, -0.05) is 42.7 Å². The van der Waals surface area contributed by atoms with Crippen molar-refractivity contribution >= 4 is 17.2 Å². The first-order valence-corrected chi connectivity index (χ1v) is 9.12. The Bertz CT molecular complexity index is 573. The molecule has 2 fully saturated rings. The molecule has 0 aromatic heterocycles. The van der Waals surface area contributed by atoms with Gasteiger partial charge >= 0.3 is 0 Å². The van der Waals surface area contributed by atoms with E-state index < -0.39 is 5.79 Å². The first kappa shape index (κ1) is 15.6. The zero-order valence-corrected chi connectivity index (χ0v) is 14.1. The number of hydrogen-bond donors (Lipinski definition) is 0. The molecule has 1 aliphatic heterocycles. The van der Waals surface area contributed by atoms with E-state index in [1.807, 2.05) is 24.3 Å². The molecule has 23 heavy (non-hydrogen) atoms. The average Bonchev–Trinajstić information content (AvgIpc) is 2.80. The molecule has 0 amide bonds. The standard InChI is InChI=1S/C19H23ClO3/c20-15-10-8-14(9-11-15)16-6-5-7-17-18(16)22-23-19(21-17)12-3-1-2-4-13-19/h6,8-11,17-18H,1-5,7,12-13H2/t17-,18-/m0/s1. The summed E-state index contributed by atoms with van der Waals surface area (Å²) in [6, 6.07) is 7.91. The molecule has 0 unspecified atom stereocenters. The van der Waals surface area contributed by atoms with E-state index in [2.05, 4.69) is 6.08 Å². The quantitative estimate of drug-likeness (QED) is 0.654. The third-order valence-corrected chi connectivity index (χ3v) is 5.42. The zero-order valence-electron chi connectivity index (χ0n) is 13.3. The molecule has 1 aromatic carbocycles. The van der Waals surface area contributed by atoms with E-state index in [9.17, 15) is 0 Å². The zero-order chi connectivity index (χ0) is 15.7. The Hall–Kier alpha value is -0.870. The number of allylic oxidation sites excluding steroid dienone is 1. The van der Waals surface area contributed by atoms with Gasteiger partial charge in [0.15, 0.2) is 0 Å². The van der Waals surface area contributed by atoms with Gasteiger partial charge in [-0.2, -0.15) is 0 Å². The maximum atomic E-state index is 6.46. The fourth-order valence-corrected chi connectivity index (χ4v) is 4.06. The average molecular weight is 335 g/mol. The first-order valence-electron chi connectivity index (χ1n) is 8.74. The summed E-state index contributed by atoms with van der Waals surface area (Å²) in [5.74, 6) is -0.514. The van der Waals surface area contributed by atoms with Crippen LogP contribution in [0.25, 0.3) is 5.57 Å². The molecule has 2 atom stereocenters. The minimum Gasteiger partial charge on any atom is -0.341 e. The lowest BCUT2D eigenvalue weighted by Crippen LogP contribution is -2.51. The van der Waals surface area contributed by atoms with Gasteiger partial charge in [-0.05, 0) is 49.0 Å². The van der Waals surface area contributed by atoms with Crippen LogP contribution < -0.4 is 0 Å². The van der Waals surface area contributed by atoms with Crippen LogP contribution in [-0.4, -0.2) is 18.0 Å². The number of benzene rings is 1.